The Morgan fingerprint density at radius 3 is 2.30 bits per heavy atom. The van der Waals surface area contributed by atoms with Crippen molar-refractivity contribution in [2.24, 2.45) is 11.8 Å². The molecule has 1 aliphatic heterocycles. The average Bonchev–Trinajstić information content (AvgIpc) is 2.99. The second-order valence-electron chi connectivity index (χ2n) is 7.12. The van der Waals surface area contributed by atoms with Crippen LogP contribution in [-0.2, 0) is 28.6 Å². The van der Waals surface area contributed by atoms with E-state index >= 15 is 0 Å². The number of carbonyl (C=O) groups excluding carboxylic acids is 4. The smallest absolute Gasteiger partial charge is 0.376 e. The van der Waals surface area contributed by atoms with Crippen molar-refractivity contribution < 1.29 is 33.4 Å². The number of benzene rings is 1. The number of hydrogen-bond donors (Lipinski definition) is 0. The summed E-state index contributed by atoms with van der Waals surface area (Å²) >= 11 is 6.15. The van der Waals surface area contributed by atoms with Gasteiger partial charge >= 0.3 is 18.2 Å². The van der Waals surface area contributed by atoms with E-state index in [4.69, 9.17) is 25.8 Å². The molecule has 3 rings (SSSR count). The van der Waals surface area contributed by atoms with E-state index in [1.807, 2.05) is 0 Å². The molecule has 2 fully saturated rings. The number of nitrogens with zero attached hydrogens (tertiary/aromatic N) is 1. The highest BCUT2D eigenvalue weighted by atomic mass is 35.5. The number of hydrogen-bond acceptors (Lipinski definition) is 7. The number of anilines is 1. The Hall–Kier alpha value is -2.45. The van der Waals surface area contributed by atoms with Crippen LogP contribution in [0.25, 0.3) is 0 Å². The van der Waals surface area contributed by atoms with Gasteiger partial charge in [0.05, 0.1) is 34.7 Å². The van der Waals surface area contributed by atoms with Crippen LogP contribution >= 0.6 is 11.6 Å². The molecule has 30 heavy (non-hydrogen) atoms. The molecule has 0 radical (unpaired) electrons. The van der Waals surface area contributed by atoms with Crippen molar-refractivity contribution in [3.05, 3.63) is 28.8 Å². The number of fused-ring (bicyclic) bond motifs is 1. The number of carbonyl (C=O) groups is 4. The van der Waals surface area contributed by atoms with E-state index in [1.165, 1.54) is 18.2 Å². The number of halogens is 1. The van der Waals surface area contributed by atoms with Gasteiger partial charge in [-0.3, -0.25) is 14.5 Å². The average molecular weight is 438 g/mol. The van der Waals surface area contributed by atoms with E-state index in [0.717, 1.165) is 17.7 Å². The molecule has 0 aromatic heterocycles. The van der Waals surface area contributed by atoms with Crippen LogP contribution in [0.2, 0.25) is 5.02 Å². The molecule has 3 unspecified atom stereocenters. The standard InChI is InChI=1S/C21H24ClNO7/c1-3-28-20(27)21(29-4-2)30-19(26)15-11-12(9-10-16(15)22)23-17(24)13-7-5-6-8-14(13)18(23)25/h9-11,13-14,21H,3-8H2,1-2H3. The van der Waals surface area contributed by atoms with Gasteiger partial charge in [-0.25, -0.2) is 9.59 Å². The number of esters is 2. The van der Waals surface area contributed by atoms with Crippen molar-refractivity contribution in [1.82, 2.24) is 0 Å². The van der Waals surface area contributed by atoms with Gasteiger partial charge in [0.2, 0.25) is 11.8 Å². The maximum Gasteiger partial charge on any atom is 0.376 e. The molecule has 2 amide bonds. The van der Waals surface area contributed by atoms with Crippen molar-refractivity contribution in [3.63, 3.8) is 0 Å². The molecule has 1 saturated carbocycles. The van der Waals surface area contributed by atoms with Gasteiger partial charge in [0.25, 0.3) is 0 Å². The predicted molar refractivity (Wildman–Crippen MR) is 107 cm³/mol. The molecular formula is C21H24ClNO7. The lowest BCUT2D eigenvalue weighted by Crippen LogP contribution is -2.33. The van der Waals surface area contributed by atoms with Crippen molar-refractivity contribution in [1.29, 1.82) is 0 Å². The molecule has 1 heterocycles. The normalized spacial score (nSPS) is 21.9. The highest BCUT2D eigenvalue weighted by Gasteiger charge is 2.48. The third-order valence-electron chi connectivity index (χ3n) is 5.28. The molecule has 1 aromatic carbocycles. The van der Waals surface area contributed by atoms with Crippen molar-refractivity contribution in [2.45, 2.75) is 45.8 Å². The lowest BCUT2D eigenvalue weighted by Gasteiger charge is -2.19. The summed E-state index contributed by atoms with van der Waals surface area (Å²) in [4.78, 5) is 51.3. The van der Waals surface area contributed by atoms with Crippen LogP contribution in [-0.4, -0.2) is 43.3 Å². The van der Waals surface area contributed by atoms with E-state index in [1.54, 1.807) is 13.8 Å². The maximum absolute atomic E-state index is 12.8. The summed E-state index contributed by atoms with van der Waals surface area (Å²) in [7, 11) is 0. The van der Waals surface area contributed by atoms with E-state index in [9.17, 15) is 19.2 Å². The zero-order valence-corrected chi connectivity index (χ0v) is 17.6. The van der Waals surface area contributed by atoms with Crippen molar-refractivity contribution in [3.8, 4) is 0 Å². The van der Waals surface area contributed by atoms with E-state index in [0.29, 0.717) is 12.8 Å². The van der Waals surface area contributed by atoms with Gasteiger partial charge in [-0.2, -0.15) is 0 Å². The number of ether oxygens (including phenoxy) is 3. The fourth-order valence-corrected chi connectivity index (χ4v) is 4.09. The Morgan fingerprint density at radius 1 is 1.10 bits per heavy atom. The number of rotatable bonds is 7. The largest absolute Gasteiger partial charge is 0.461 e. The van der Waals surface area contributed by atoms with Crippen LogP contribution in [0.5, 0.6) is 0 Å². The molecule has 2 aliphatic rings. The second kappa shape index (κ2) is 9.57. The first-order chi connectivity index (χ1) is 14.4. The molecule has 8 nitrogen and oxygen atoms in total. The van der Waals surface area contributed by atoms with Crippen LogP contribution in [0, 0.1) is 11.8 Å². The van der Waals surface area contributed by atoms with Gasteiger partial charge in [0.1, 0.15) is 0 Å². The highest BCUT2D eigenvalue weighted by Crippen LogP contribution is 2.40. The molecule has 3 atom stereocenters. The predicted octanol–water partition coefficient (Wildman–Crippen LogP) is 3.10. The zero-order chi connectivity index (χ0) is 21.8. The quantitative estimate of drug-likeness (QED) is 0.367. The summed E-state index contributed by atoms with van der Waals surface area (Å²) < 4.78 is 15.1. The Balaban J connectivity index is 1.84. The van der Waals surface area contributed by atoms with Crippen LogP contribution in [0.1, 0.15) is 49.9 Å². The minimum atomic E-state index is -1.54. The van der Waals surface area contributed by atoms with Gasteiger partial charge < -0.3 is 14.2 Å². The summed E-state index contributed by atoms with van der Waals surface area (Å²) in [5.41, 5.74) is 0.165. The molecule has 9 heteroatoms. The molecular weight excluding hydrogens is 414 g/mol. The summed E-state index contributed by atoms with van der Waals surface area (Å²) in [5, 5.41) is 0.0550. The topological polar surface area (TPSA) is 99.2 Å². The summed E-state index contributed by atoms with van der Waals surface area (Å²) in [5.74, 6) is -2.92. The minimum Gasteiger partial charge on any atom is -0.461 e. The number of imide groups is 1. The first-order valence-electron chi connectivity index (χ1n) is 10.1. The first kappa shape index (κ1) is 22.2. The van der Waals surface area contributed by atoms with E-state index in [2.05, 4.69) is 0 Å². The van der Waals surface area contributed by atoms with Crippen LogP contribution in [0.15, 0.2) is 18.2 Å². The van der Waals surface area contributed by atoms with E-state index < -0.39 is 18.2 Å². The molecule has 0 bridgehead atoms. The van der Waals surface area contributed by atoms with Gasteiger partial charge in [0.15, 0.2) is 0 Å². The fraction of sp³-hybridized carbons (Fsp3) is 0.524. The van der Waals surface area contributed by atoms with Crippen LogP contribution in [0.4, 0.5) is 5.69 Å². The third kappa shape index (κ3) is 4.34. The fourth-order valence-electron chi connectivity index (χ4n) is 3.90. The Morgan fingerprint density at radius 2 is 1.73 bits per heavy atom. The monoisotopic (exact) mass is 437 g/mol. The Labute approximate surface area is 179 Å². The first-order valence-corrected chi connectivity index (χ1v) is 10.4. The molecule has 0 N–H and O–H groups in total. The third-order valence-corrected chi connectivity index (χ3v) is 5.61. The van der Waals surface area contributed by atoms with Crippen molar-refractivity contribution in [2.75, 3.05) is 18.1 Å². The SMILES string of the molecule is CCOC(=O)C(OCC)OC(=O)c1cc(N2C(=O)C3CCCCC3C2=O)ccc1Cl. The summed E-state index contributed by atoms with van der Waals surface area (Å²) in [6.07, 6.45) is 1.66. The van der Waals surface area contributed by atoms with E-state index in [-0.39, 0.29) is 53.1 Å². The Kier molecular flexibility index (Phi) is 7.10. The van der Waals surface area contributed by atoms with Crippen LogP contribution in [0.3, 0.4) is 0 Å². The van der Waals surface area contributed by atoms with Gasteiger partial charge in [-0.15, -0.1) is 0 Å². The van der Waals surface area contributed by atoms with Crippen LogP contribution < -0.4 is 4.90 Å². The van der Waals surface area contributed by atoms with Gasteiger partial charge in [0, 0.05) is 6.61 Å². The molecule has 1 aromatic rings. The minimum absolute atomic E-state index is 0.0550. The molecule has 0 spiro atoms. The van der Waals surface area contributed by atoms with Crippen molar-refractivity contribution >= 4 is 41.0 Å². The Bertz CT molecular complexity index is 832. The summed E-state index contributed by atoms with van der Waals surface area (Å²) in [6.45, 7) is 3.46. The lowest BCUT2D eigenvalue weighted by molar-refractivity contribution is -0.182. The van der Waals surface area contributed by atoms with Gasteiger partial charge in [-0.1, -0.05) is 24.4 Å². The maximum atomic E-state index is 12.8. The molecule has 1 aliphatic carbocycles. The molecule has 162 valence electrons. The zero-order valence-electron chi connectivity index (χ0n) is 16.9. The van der Waals surface area contributed by atoms with Gasteiger partial charge in [-0.05, 0) is 44.9 Å². The summed E-state index contributed by atoms with van der Waals surface area (Å²) in [6, 6.07) is 4.25. The second-order valence-corrected chi connectivity index (χ2v) is 7.53. The number of amides is 2. The lowest BCUT2D eigenvalue weighted by atomic mass is 9.81. The molecule has 1 saturated heterocycles. The highest BCUT2D eigenvalue weighted by molar-refractivity contribution is 6.34.